The van der Waals surface area contributed by atoms with Crippen molar-refractivity contribution in [3.05, 3.63) is 0 Å². The first kappa shape index (κ1) is 5.09. The van der Waals surface area contributed by atoms with Crippen molar-refractivity contribution in [3.8, 4) is 0 Å². The summed E-state index contributed by atoms with van der Waals surface area (Å²) in [5, 5.41) is 2.82. The van der Waals surface area contributed by atoms with Crippen LogP contribution in [0.2, 0.25) is 0 Å². The van der Waals surface area contributed by atoms with Crippen molar-refractivity contribution < 1.29 is 9.31 Å². The van der Waals surface area contributed by atoms with E-state index in [1.807, 2.05) is 0 Å². The zero-order valence-electron chi connectivity index (χ0n) is 4.31. The van der Waals surface area contributed by atoms with E-state index in [0.29, 0.717) is 13.2 Å². The van der Waals surface area contributed by atoms with Crippen LogP contribution in [0.25, 0.3) is 0 Å². The molecule has 0 spiro atoms. The van der Waals surface area contributed by atoms with Crippen molar-refractivity contribution in [2.45, 2.75) is 0 Å². The van der Waals surface area contributed by atoms with E-state index in [2.05, 4.69) is 5.23 Å². The minimum Gasteiger partial charge on any atom is -0.395 e. The maximum absolute atomic E-state index is 4.97. The van der Waals surface area contributed by atoms with Crippen molar-refractivity contribution in [3.63, 3.8) is 0 Å². The van der Waals surface area contributed by atoms with E-state index in [1.54, 1.807) is 7.05 Å². The Morgan fingerprint density at radius 3 is 2.29 bits per heavy atom. The third kappa shape index (κ3) is 1.16. The Morgan fingerprint density at radius 2 is 2.00 bits per heavy atom. The molecule has 0 unspecified atom stereocenters. The number of hydrogen-bond donors (Lipinski definition) is 1. The molecular formula is C3H8BNO2. The number of nitrogens with one attached hydrogen (secondary N) is 1. The summed E-state index contributed by atoms with van der Waals surface area (Å²) in [6.45, 7) is 1.43. The summed E-state index contributed by atoms with van der Waals surface area (Å²) in [6.07, 6.45) is 0. The SMILES string of the molecule is CNB1OCCO1. The summed E-state index contributed by atoms with van der Waals surface area (Å²) in [4.78, 5) is 0. The molecule has 0 saturated carbocycles. The fraction of sp³-hybridized carbons (Fsp3) is 1.00. The molecule has 1 saturated heterocycles. The predicted octanol–water partition coefficient (Wildman–Crippen LogP) is -0.763. The van der Waals surface area contributed by atoms with Crippen LogP contribution in [-0.4, -0.2) is 27.5 Å². The molecule has 0 aromatic rings. The largest absolute Gasteiger partial charge is 0.554 e. The highest BCUT2D eigenvalue weighted by Gasteiger charge is 2.20. The first-order chi connectivity index (χ1) is 3.43. The Bertz CT molecular complexity index is 54.9. The summed E-state index contributed by atoms with van der Waals surface area (Å²) in [5.74, 6) is 0. The molecule has 3 nitrogen and oxygen atoms in total. The van der Waals surface area contributed by atoms with Crippen LogP contribution in [0.1, 0.15) is 0 Å². The second kappa shape index (κ2) is 2.30. The lowest BCUT2D eigenvalue weighted by atomic mass is 10.1. The Balaban J connectivity index is 2.14. The molecule has 0 aliphatic carbocycles. The molecule has 0 bridgehead atoms. The molecule has 0 amide bonds. The summed E-state index contributed by atoms with van der Waals surface area (Å²) in [5.41, 5.74) is 0. The molecule has 0 aromatic heterocycles. The van der Waals surface area contributed by atoms with Gasteiger partial charge in [0.15, 0.2) is 0 Å². The molecule has 1 aliphatic heterocycles. The van der Waals surface area contributed by atoms with Gasteiger partial charge in [-0.15, -0.1) is 0 Å². The van der Waals surface area contributed by atoms with Crippen LogP contribution in [0.3, 0.4) is 0 Å². The van der Waals surface area contributed by atoms with E-state index in [-0.39, 0.29) is 7.25 Å². The highest BCUT2D eigenvalue weighted by atomic mass is 16.6. The van der Waals surface area contributed by atoms with E-state index >= 15 is 0 Å². The minimum atomic E-state index is -0.153. The monoisotopic (exact) mass is 101 g/mol. The standard InChI is InChI=1S/C3H8BNO2/c1-5-4-6-2-3-7-4/h5H,2-3H2,1H3. The van der Waals surface area contributed by atoms with Gasteiger partial charge in [-0.1, -0.05) is 0 Å². The predicted molar refractivity (Wildman–Crippen MR) is 26.7 cm³/mol. The van der Waals surface area contributed by atoms with Crippen LogP contribution >= 0.6 is 0 Å². The van der Waals surface area contributed by atoms with Gasteiger partial charge in [0.1, 0.15) is 0 Å². The zero-order chi connectivity index (χ0) is 5.11. The second-order valence-electron chi connectivity index (χ2n) is 1.36. The van der Waals surface area contributed by atoms with Crippen LogP contribution < -0.4 is 5.23 Å². The van der Waals surface area contributed by atoms with Gasteiger partial charge < -0.3 is 14.5 Å². The van der Waals surface area contributed by atoms with Crippen molar-refractivity contribution in [2.75, 3.05) is 20.3 Å². The van der Waals surface area contributed by atoms with Crippen LogP contribution in [0, 0.1) is 0 Å². The van der Waals surface area contributed by atoms with Crippen LogP contribution in [0.4, 0.5) is 0 Å². The maximum Gasteiger partial charge on any atom is 0.554 e. The van der Waals surface area contributed by atoms with Crippen molar-refractivity contribution in [1.29, 1.82) is 0 Å². The molecule has 40 valence electrons. The summed E-state index contributed by atoms with van der Waals surface area (Å²) >= 11 is 0. The molecule has 1 heterocycles. The first-order valence-electron chi connectivity index (χ1n) is 2.34. The Labute approximate surface area is 43.2 Å². The molecule has 1 fully saturated rings. The van der Waals surface area contributed by atoms with E-state index in [4.69, 9.17) is 9.31 Å². The molecule has 1 rings (SSSR count). The smallest absolute Gasteiger partial charge is 0.395 e. The topological polar surface area (TPSA) is 30.5 Å². The first-order valence-corrected chi connectivity index (χ1v) is 2.34. The van der Waals surface area contributed by atoms with Crippen molar-refractivity contribution in [2.24, 2.45) is 0 Å². The second-order valence-corrected chi connectivity index (χ2v) is 1.36. The fourth-order valence-corrected chi connectivity index (χ4v) is 0.525. The van der Waals surface area contributed by atoms with E-state index in [9.17, 15) is 0 Å². The van der Waals surface area contributed by atoms with E-state index < -0.39 is 0 Å². The van der Waals surface area contributed by atoms with Gasteiger partial charge in [0.25, 0.3) is 0 Å². The molecular weight excluding hydrogens is 92.8 g/mol. The van der Waals surface area contributed by atoms with Gasteiger partial charge >= 0.3 is 7.25 Å². The summed E-state index contributed by atoms with van der Waals surface area (Å²) in [7, 11) is 1.65. The highest BCUT2D eigenvalue weighted by molar-refractivity contribution is 6.41. The van der Waals surface area contributed by atoms with Crippen LogP contribution in [-0.2, 0) is 9.31 Å². The lowest BCUT2D eigenvalue weighted by Gasteiger charge is -1.96. The Hall–Kier alpha value is -0.0551. The van der Waals surface area contributed by atoms with Crippen molar-refractivity contribution >= 4 is 7.25 Å². The lowest BCUT2D eigenvalue weighted by molar-refractivity contribution is 0.363. The van der Waals surface area contributed by atoms with Crippen molar-refractivity contribution in [1.82, 2.24) is 5.23 Å². The molecule has 0 radical (unpaired) electrons. The van der Waals surface area contributed by atoms with Gasteiger partial charge in [-0.3, -0.25) is 0 Å². The van der Waals surface area contributed by atoms with Crippen LogP contribution in [0.15, 0.2) is 0 Å². The molecule has 1 aliphatic rings. The van der Waals surface area contributed by atoms with Gasteiger partial charge in [0.05, 0.1) is 13.2 Å². The van der Waals surface area contributed by atoms with Gasteiger partial charge in [0, 0.05) is 0 Å². The highest BCUT2D eigenvalue weighted by Crippen LogP contribution is 1.92. The average molecular weight is 101 g/mol. The molecule has 4 heteroatoms. The van der Waals surface area contributed by atoms with Crippen LogP contribution in [0.5, 0.6) is 0 Å². The van der Waals surface area contributed by atoms with Gasteiger partial charge in [-0.05, 0) is 7.05 Å². The minimum absolute atomic E-state index is 0.153. The Morgan fingerprint density at radius 1 is 1.43 bits per heavy atom. The maximum atomic E-state index is 4.97. The molecule has 7 heavy (non-hydrogen) atoms. The average Bonchev–Trinajstić information content (AvgIpc) is 2.14. The normalized spacial score (nSPS) is 21.0. The lowest BCUT2D eigenvalue weighted by Crippen LogP contribution is -2.31. The van der Waals surface area contributed by atoms with Gasteiger partial charge in [-0.25, -0.2) is 0 Å². The van der Waals surface area contributed by atoms with E-state index in [0.717, 1.165) is 0 Å². The molecule has 1 N–H and O–H groups in total. The Kier molecular flexibility index (Phi) is 1.67. The van der Waals surface area contributed by atoms with Gasteiger partial charge in [0.2, 0.25) is 0 Å². The number of rotatable bonds is 1. The summed E-state index contributed by atoms with van der Waals surface area (Å²) in [6, 6.07) is 0. The summed E-state index contributed by atoms with van der Waals surface area (Å²) < 4.78 is 9.94. The zero-order valence-corrected chi connectivity index (χ0v) is 4.31. The third-order valence-corrected chi connectivity index (χ3v) is 0.857. The molecule has 0 aromatic carbocycles. The van der Waals surface area contributed by atoms with Gasteiger partial charge in [-0.2, -0.15) is 0 Å². The third-order valence-electron chi connectivity index (χ3n) is 0.857. The quantitative estimate of drug-likeness (QED) is 0.440. The van der Waals surface area contributed by atoms with E-state index in [1.165, 1.54) is 0 Å². The number of hydrogen-bond acceptors (Lipinski definition) is 3. The fourth-order valence-electron chi connectivity index (χ4n) is 0.525. The molecule has 0 atom stereocenters.